The molecule has 2 heterocycles. The number of nitrogens with one attached hydrogen (secondary N) is 1. The van der Waals surface area contributed by atoms with E-state index in [1.165, 1.54) is 0 Å². The van der Waals surface area contributed by atoms with E-state index in [1.807, 2.05) is 0 Å². The number of hydrogen-bond donors (Lipinski definition) is 1. The molecule has 2 aromatic carbocycles. The Morgan fingerprint density at radius 3 is 2.55 bits per heavy atom. The van der Waals surface area contributed by atoms with Crippen LogP contribution in [0.4, 0.5) is 5.69 Å². The zero-order valence-electron chi connectivity index (χ0n) is 17.2. The van der Waals surface area contributed by atoms with Gasteiger partial charge in [-0.2, -0.15) is 0 Å². The predicted octanol–water partition coefficient (Wildman–Crippen LogP) is 2.54. The highest BCUT2D eigenvalue weighted by atomic mass is 35.5. The number of carbonyl (C=O) groups is 1. The highest BCUT2D eigenvalue weighted by Gasteiger charge is 2.25. The van der Waals surface area contributed by atoms with Gasteiger partial charge in [-0.1, -0.05) is 11.6 Å². The molecule has 0 saturated carbocycles. The van der Waals surface area contributed by atoms with Crippen molar-refractivity contribution in [1.29, 1.82) is 0 Å². The van der Waals surface area contributed by atoms with E-state index in [4.69, 9.17) is 16.3 Å². The van der Waals surface area contributed by atoms with E-state index >= 15 is 0 Å². The van der Waals surface area contributed by atoms with E-state index < -0.39 is 10.0 Å². The number of aryl methyl sites for hydroxylation is 1. The summed E-state index contributed by atoms with van der Waals surface area (Å²) in [5.74, 6) is -0.114. The lowest BCUT2D eigenvalue weighted by Crippen LogP contribution is -2.41. The minimum absolute atomic E-state index is 0.114. The molecule has 0 radical (unpaired) electrons. The number of halogens is 1. The van der Waals surface area contributed by atoms with E-state index in [-0.39, 0.29) is 10.8 Å². The molecule has 1 saturated heterocycles. The average molecular weight is 464 g/mol. The first-order chi connectivity index (χ1) is 14.9. The summed E-state index contributed by atoms with van der Waals surface area (Å²) in [5, 5.41) is 0.576. The highest BCUT2D eigenvalue weighted by Crippen LogP contribution is 2.30. The molecule has 1 fully saturated rings. The maximum absolute atomic E-state index is 13.0. The number of sulfonamides is 1. The van der Waals surface area contributed by atoms with Gasteiger partial charge in [0.15, 0.2) is 0 Å². The van der Waals surface area contributed by atoms with Crippen molar-refractivity contribution in [2.24, 2.45) is 0 Å². The van der Waals surface area contributed by atoms with Crippen molar-refractivity contribution in [3.63, 3.8) is 0 Å². The molecule has 0 spiro atoms. The number of nitrogens with zero attached hydrogens (tertiary/aromatic N) is 2. The molecule has 7 nitrogen and oxygen atoms in total. The molecule has 4 rings (SSSR count). The molecule has 0 unspecified atom stereocenters. The van der Waals surface area contributed by atoms with Gasteiger partial charge in [-0.15, -0.1) is 0 Å². The molecule has 2 aromatic rings. The van der Waals surface area contributed by atoms with Crippen molar-refractivity contribution in [1.82, 2.24) is 9.62 Å². The minimum Gasteiger partial charge on any atom is -0.379 e. The zero-order valence-corrected chi connectivity index (χ0v) is 18.8. The number of morpholine rings is 1. The van der Waals surface area contributed by atoms with Crippen molar-refractivity contribution in [3.05, 3.63) is 58.6 Å². The van der Waals surface area contributed by atoms with Crippen LogP contribution in [-0.4, -0.2) is 65.2 Å². The molecule has 0 aliphatic carbocycles. The molecule has 2 aliphatic heterocycles. The van der Waals surface area contributed by atoms with Crippen LogP contribution in [0.1, 0.15) is 22.3 Å². The molecule has 1 amide bonds. The van der Waals surface area contributed by atoms with E-state index in [9.17, 15) is 13.2 Å². The van der Waals surface area contributed by atoms with Crippen LogP contribution in [0.3, 0.4) is 0 Å². The number of carbonyl (C=O) groups excluding carboxylic acids is 1. The van der Waals surface area contributed by atoms with Crippen LogP contribution < -0.4 is 9.62 Å². The van der Waals surface area contributed by atoms with Gasteiger partial charge in [0.25, 0.3) is 5.91 Å². The van der Waals surface area contributed by atoms with Gasteiger partial charge in [0, 0.05) is 49.0 Å². The van der Waals surface area contributed by atoms with Crippen molar-refractivity contribution >= 4 is 33.2 Å². The summed E-state index contributed by atoms with van der Waals surface area (Å²) in [7, 11) is -3.62. The lowest BCUT2D eigenvalue weighted by molar-refractivity contribution is 0.0390. The van der Waals surface area contributed by atoms with Gasteiger partial charge in [0.1, 0.15) is 0 Å². The maximum atomic E-state index is 13.0. The third-order valence-corrected chi connectivity index (χ3v) is 7.35. The van der Waals surface area contributed by atoms with E-state index in [0.29, 0.717) is 43.4 Å². The summed E-state index contributed by atoms with van der Waals surface area (Å²) < 4.78 is 33.6. The average Bonchev–Trinajstić information content (AvgIpc) is 2.79. The molecule has 31 heavy (non-hydrogen) atoms. The Morgan fingerprint density at radius 1 is 1.06 bits per heavy atom. The van der Waals surface area contributed by atoms with Crippen molar-refractivity contribution < 1.29 is 17.9 Å². The van der Waals surface area contributed by atoms with Gasteiger partial charge in [0.2, 0.25) is 10.0 Å². The standard InChI is InChI=1S/C22H26ClN3O4S/c23-19-5-3-17(4-6-19)22(27)26-10-1-2-18-16-20(7-8-21(18)26)31(28,29)24-9-11-25-12-14-30-15-13-25/h3-8,16,24H,1-2,9-15H2. The Morgan fingerprint density at radius 2 is 1.81 bits per heavy atom. The first kappa shape index (κ1) is 22.2. The second-order valence-corrected chi connectivity index (χ2v) is 9.91. The topological polar surface area (TPSA) is 79.0 Å². The first-order valence-corrected chi connectivity index (χ1v) is 12.3. The lowest BCUT2D eigenvalue weighted by atomic mass is 10.0. The molecule has 1 N–H and O–H groups in total. The number of hydrogen-bond acceptors (Lipinski definition) is 5. The summed E-state index contributed by atoms with van der Waals surface area (Å²) in [6.07, 6.45) is 1.51. The molecule has 2 aliphatic rings. The van der Waals surface area contributed by atoms with Crippen LogP contribution in [0.5, 0.6) is 0 Å². The fraction of sp³-hybridized carbons (Fsp3) is 0.409. The van der Waals surface area contributed by atoms with Gasteiger partial charge < -0.3 is 9.64 Å². The van der Waals surface area contributed by atoms with Crippen LogP contribution in [0.25, 0.3) is 0 Å². The van der Waals surface area contributed by atoms with Gasteiger partial charge in [-0.25, -0.2) is 13.1 Å². The highest BCUT2D eigenvalue weighted by molar-refractivity contribution is 7.89. The van der Waals surface area contributed by atoms with Crippen LogP contribution in [0.2, 0.25) is 5.02 Å². The Bertz CT molecular complexity index is 1040. The number of anilines is 1. The van der Waals surface area contributed by atoms with Gasteiger partial charge in [0.05, 0.1) is 18.1 Å². The van der Waals surface area contributed by atoms with E-state index in [1.54, 1.807) is 47.4 Å². The molecule has 9 heteroatoms. The quantitative estimate of drug-likeness (QED) is 0.712. The number of amides is 1. The third-order valence-electron chi connectivity index (χ3n) is 5.64. The second kappa shape index (κ2) is 9.67. The summed E-state index contributed by atoms with van der Waals surface area (Å²) >= 11 is 5.93. The first-order valence-electron chi connectivity index (χ1n) is 10.4. The van der Waals surface area contributed by atoms with Gasteiger partial charge >= 0.3 is 0 Å². The summed E-state index contributed by atoms with van der Waals surface area (Å²) in [6, 6.07) is 11.8. The predicted molar refractivity (Wildman–Crippen MR) is 120 cm³/mol. The Hall–Kier alpha value is -1.97. The van der Waals surface area contributed by atoms with E-state index in [2.05, 4.69) is 9.62 Å². The summed E-state index contributed by atoms with van der Waals surface area (Å²) in [4.78, 5) is 17.1. The Kier molecular flexibility index (Phi) is 6.93. The van der Waals surface area contributed by atoms with Crippen LogP contribution >= 0.6 is 11.6 Å². The number of benzene rings is 2. The van der Waals surface area contributed by atoms with Gasteiger partial charge in [-0.3, -0.25) is 9.69 Å². The summed E-state index contributed by atoms with van der Waals surface area (Å²) in [6.45, 7) is 4.59. The largest absolute Gasteiger partial charge is 0.379 e. The monoisotopic (exact) mass is 463 g/mol. The molecular weight excluding hydrogens is 438 g/mol. The summed E-state index contributed by atoms with van der Waals surface area (Å²) in [5.41, 5.74) is 2.18. The fourth-order valence-corrected chi connectivity index (χ4v) is 5.14. The molecular formula is C22H26ClN3O4S. The third kappa shape index (κ3) is 5.27. The SMILES string of the molecule is O=C(c1ccc(Cl)cc1)N1CCCc2cc(S(=O)(=O)NCCN3CCOCC3)ccc21. The number of ether oxygens (including phenoxy) is 1. The zero-order chi connectivity index (χ0) is 21.8. The maximum Gasteiger partial charge on any atom is 0.258 e. The van der Waals surface area contributed by atoms with Gasteiger partial charge in [-0.05, 0) is 60.9 Å². The van der Waals surface area contributed by atoms with Crippen molar-refractivity contribution in [2.45, 2.75) is 17.7 Å². The molecule has 166 valence electrons. The van der Waals surface area contributed by atoms with Crippen LogP contribution in [0, 0.1) is 0 Å². The van der Waals surface area contributed by atoms with Crippen LogP contribution in [-0.2, 0) is 21.2 Å². The Balaban J connectivity index is 1.47. The number of rotatable bonds is 6. The van der Waals surface area contributed by atoms with E-state index in [0.717, 1.165) is 37.2 Å². The molecule has 0 atom stereocenters. The smallest absolute Gasteiger partial charge is 0.258 e. The van der Waals surface area contributed by atoms with Crippen LogP contribution in [0.15, 0.2) is 47.4 Å². The Labute approximate surface area is 188 Å². The van der Waals surface area contributed by atoms with Crippen molar-refractivity contribution in [2.75, 3.05) is 50.8 Å². The lowest BCUT2D eigenvalue weighted by Gasteiger charge is -2.30. The molecule has 0 aromatic heterocycles. The fourth-order valence-electron chi connectivity index (χ4n) is 3.95. The number of fused-ring (bicyclic) bond motifs is 1. The van der Waals surface area contributed by atoms with Crippen molar-refractivity contribution in [3.8, 4) is 0 Å². The molecule has 0 bridgehead atoms. The second-order valence-electron chi connectivity index (χ2n) is 7.71. The minimum atomic E-state index is -3.62. The normalized spacial score (nSPS) is 17.4.